The van der Waals surface area contributed by atoms with E-state index in [0.717, 1.165) is 9.54 Å². The first-order valence-corrected chi connectivity index (χ1v) is 11.5. The number of aliphatic carboxylic acids is 1. The van der Waals surface area contributed by atoms with Crippen LogP contribution in [0.15, 0.2) is 66.0 Å². The number of benzene rings is 1. The fraction of sp³-hybridized carbons (Fsp3) is 0.227. The summed E-state index contributed by atoms with van der Waals surface area (Å²) >= 11 is 0. The van der Waals surface area contributed by atoms with Crippen LogP contribution in [0, 0.1) is 5.82 Å². The summed E-state index contributed by atoms with van der Waals surface area (Å²) in [5, 5.41) is 13.6. The van der Waals surface area contributed by atoms with Crippen molar-refractivity contribution in [3.63, 3.8) is 0 Å². The number of aromatic nitrogens is 2. The van der Waals surface area contributed by atoms with Crippen LogP contribution in [0.3, 0.4) is 0 Å². The van der Waals surface area contributed by atoms with Crippen molar-refractivity contribution in [3.05, 3.63) is 72.4 Å². The second-order valence-corrected chi connectivity index (χ2v) is 9.05. The summed E-state index contributed by atoms with van der Waals surface area (Å²) in [4.78, 5) is 24.4. The summed E-state index contributed by atoms with van der Waals surface area (Å²) in [6, 6.07) is 10.1. The number of carboxylic acids is 1. The minimum atomic E-state index is -3.87. The molecule has 0 aliphatic carbocycles. The Hall–Kier alpha value is -3.57. The first-order valence-electron chi connectivity index (χ1n) is 10.0. The van der Waals surface area contributed by atoms with E-state index in [1.165, 1.54) is 30.7 Å². The van der Waals surface area contributed by atoms with E-state index in [2.05, 4.69) is 15.6 Å². The molecule has 1 aliphatic rings. The van der Waals surface area contributed by atoms with Crippen molar-refractivity contribution in [2.45, 2.75) is 30.3 Å². The molecule has 1 aliphatic heterocycles. The monoisotopic (exact) mass is 474 g/mol. The molecule has 0 spiro atoms. The Kier molecular flexibility index (Phi) is 7.56. The number of carbonyl (C=O) groups excluding carboxylic acids is 1. The van der Waals surface area contributed by atoms with Crippen molar-refractivity contribution in [2.75, 3.05) is 7.05 Å². The summed E-state index contributed by atoms with van der Waals surface area (Å²) in [5.41, 5.74) is 1.25. The molecule has 3 heterocycles. The summed E-state index contributed by atoms with van der Waals surface area (Å²) in [6.45, 7) is 0.469. The lowest BCUT2D eigenvalue weighted by Crippen LogP contribution is -2.32. The topological polar surface area (TPSA) is 130 Å². The number of carboxylic acid groups (broad SMARTS) is 1. The predicted octanol–water partition coefficient (Wildman–Crippen LogP) is 2.00. The van der Waals surface area contributed by atoms with Crippen LogP contribution in [0.25, 0.3) is 11.3 Å². The SMILES string of the molecule is CNCc1cc(-c2ccccc2F)n(S(=O)(=O)c2cccnc2)c1.O=C1CCC(C(=O)O)N1. The first kappa shape index (κ1) is 24.1. The van der Waals surface area contributed by atoms with Crippen LogP contribution in [0.5, 0.6) is 0 Å². The predicted molar refractivity (Wildman–Crippen MR) is 118 cm³/mol. The molecule has 1 unspecified atom stereocenters. The molecule has 1 atom stereocenters. The van der Waals surface area contributed by atoms with E-state index < -0.39 is 27.9 Å². The number of carbonyl (C=O) groups is 2. The van der Waals surface area contributed by atoms with Crippen LogP contribution >= 0.6 is 0 Å². The van der Waals surface area contributed by atoms with Crippen LogP contribution in [0.4, 0.5) is 4.39 Å². The molecule has 3 aromatic rings. The quantitative estimate of drug-likeness (QED) is 0.498. The Morgan fingerprint density at radius 3 is 2.61 bits per heavy atom. The summed E-state index contributed by atoms with van der Waals surface area (Å²) in [6.07, 6.45) is 5.04. The van der Waals surface area contributed by atoms with Crippen molar-refractivity contribution in [1.29, 1.82) is 0 Å². The van der Waals surface area contributed by atoms with E-state index in [0.29, 0.717) is 19.4 Å². The maximum absolute atomic E-state index is 14.2. The van der Waals surface area contributed by atoms with Gasteiger partial charge in [0.2, 0.25) is 5.91 Å². The molecular weight excluding hydrogens is 451 g/mol. The zero-order valence-electron chi connectivity index (χ0n) is 17.7. The van der Waals surface area contributed by atoms with Gasteiger partial charge in [0.1, 0.15) is 16.8 Å². The second-order valence-electron chi connectivity index (χ2n) is 7.23. The van der Waals surface area contributed by atoms with Gasteiger partial charge in [0.15, 0.2) is 0 Å². The molecule has 1 fully saturated rings. The number of rotatable bonds is 6. The molecule has 174 valence electrons. The fourth-order valence-electron chi connectivity index (χ4n) is 3.27. The van der Waals surface area contributed by atoms with Crippen LogP contribution in [-0.4, -0.2) is 47.4 Å². The van der Waals surface area contributed by atoms with Crippen LogP contribution < -0.4 is 10.6 Å². The van der Waals surface area contributed by atoms with E-state index in [4.69, 9.17) is 5.11 Å². The average Bonchev–Trinajstić information content (AvgIpc) is 3.42. The van der Waals surface area contributed by atoms with Gasteiger partial charge in [-0.1, -0.05) is 12.1 Å². The molecule has 4 rings (SSSR count). The van der Waals surface area contributed by atoms with Crippen molar-refractivity contribution >= 4 is 21.9 Å². The first-order chi connectivity index (χ1) is 15.7. The maximum atomic E-state index is 14.2. The third-order valence-electron chi connectivity index (χ3n) is 4.86. The van der Waals surface area contributed by atoms with Gasteiger partial charge >= 0.3 is 5.97 Å². The standard InChI is InChI=1S/C17H16FN3O2S.C5H7NO3/c1-19-10-13-9-17(15-6-2-3-7-16(15)18)21(12-13)24(22,23)14-5-4-8-20-11-14;7-4-2-1-3(6-4)5(8)9/h2-9,11-12,19H,10H2,1H3;3H,1-2H2,(H,6,7)(H,8,9). The molecule has 1 aromatic carbocycles. The van der Waals surface area contributed by atoms with E-state index in [1.807, 2.05) is 0 Å². The van der Waals surface area contributed by atoms with Gasteiger partial charge in [-0.2, -0.15) is 0 Å². The molecule has 33 heavy (non-hydrogen) atoms. The van der Waals surface area contributed by atoms with Gasteiger partial charge in [0.25, 0.3) is 10.0 Å². The number of pyridine rings is 1. The van der Waals surface area contributed by atoms with Gasteiger partial charge < -0.3 is 15.7 Å². The van der Waals surface area contributed by atoms with E-state index >= 15 is 0 Å². The highest BCUT2D eigenvalue weighted by atomic mass is 32.2. The Bertz CT molecular complexity index is 1240. The van der Waals surface area contributed by atoms with Gasteiger partial charge in [-0.3, -0.25) is 9.78 Å². The number of nitrogens with zero attached hydrogens (tertiary/aromatic N) is 2. The largest absolute Gasteiger partial charge is 0.480 e. The Morgan fingerprint density at radius 2 is 2.06 bits per heavy atom. The van der Waals surface area contributed by atoms with Crippen LogP contribution in [0.1, 0.15) is 18.4 Å². The average molecular weight is 475 g/mol. The molecule has 1 amide bonds. The molecule has 9 nitrogen and oxygen atoms in total. The molecule has 0 saturated carbocycles. The molecule has 1 saturated heterocycles. The molecule has 2 aromatic heterocycles. The zero-order chi connectivity index (χ0) is 24.0. The van der Waals surface area contributed by atoms with Crippen molar-refractivity contribution in [3.8, 4) is 11.3 Å². The number of halogens is 1. The summed E-state index contributed by atoms with van der Waals surface area (Å²) < 4.78 is 41.2. The van der Waals surface area contributed by atoms with Gasteiger partial charge in [-0.05, 0) is 49.4 Å². The van der Waals surface area contributed by atoms with Gasteiger partial charge in [-0.15, -0.1) is 0 Å². The number of hydrogen-bond donors (Lipinski definition) is 3. The smallest absolute Gasteiger partial charge is 0.326 e. The van der Waals surface area contributed by atoms with Crippen molar-refractivity contribution in [1.82, 2.24) is 19.6 Å². The third-order valence-corrected chi connectivity index (χ3v) is 6.52. The highest BCUT2D eigenvalue weighted by Gasteiger charge is 2.26. The van der Waals surface area contributed by atoms with Gasteiger partial charge in [0.05, 0.1) is 5.69 Å². The lowest BCUT2D eigenvalue weighted by molar-refractivity contribution is -0.140. The van der Waals surface area contributed by atoms with E-state index in [9.17, 15) is 22.4 Å². The minimum absolute atomic E-state index is 0.0502. The number of hydrogen-bond acceptors (Lipinski definition) is 6. The normalized spacial score (nSPS) is 15.5. The summed E-state index contributed by atoms with van der Waals surface area (Å²) in [5.74, 6) is -1.59. The maximum Gasteiger partial charge on any atom is 0.326 e. The highest BCUT2D eigenvalue weighted by molar-refractivity contribution is 7.90. The molecule has 11 heteroatoms. The van der Waals surface area contributed by atoms with Crippen molar-refractivity contribution in [2.24, 2.45) is 0 Å². The van der Waals surface area contributed by atoms with Crippen LogP contribution in [0.2, 0.25) is 0 Å². The number of nitrogens with one attached hydrogen (secondary N) is 2. The highest BCUT2D eigenvalue weighted by Crippen LogP contribution is 2.28. The van der Waals surface area contributed by atoms with E-state index in [-0.39, 0.29) is 22.1 Å². The van der Waals surface area contributed by atoms with Crippen LogP contribution in [-0.2, 0) is 26.2 Å². The van der Waals surface area contributed by atoms with E-state index in [1.54, 1.807) is 37.4 Å². The third kappa shape index (κ3) is 5.62. The Morgan fingerprint density at radius 1 is 1.30 bits per heavy atom. The lowest BCUT2D eigenvalue weighted by atomic mass is 10.1. The number of amides is 1. The molecule has 0 radical (unpaired) electrons. The van der Waals surface area contributed by atoms with Gasteiger partial charge in [0, 0.05) is 37.1 Å². The minimum Gasteiger partial charge on any atom is -0.480 e. The van der Waals surface area contributed by atoms with Gasteiger partial charge in [-0.25, -0.2) is 21.6 Å². The fourth-order valence-corrected chi connectivity index (χ4v) is 4.63. The molecule has 0 bridgehead atoms. The zero-order valence-corrected chi connectivity index (χ0v) is 18.5. The van der Waals surface area contributed by atoms with Crippen molar-refractivity contribution < 1.29 is 27.5 Å². The second kappa shape index (κ2) is 10.4. The Labute approximate surface area is 190 Å². The Balaban J connectivity index is 0.000000286. The lowest BCUT2D eigenvalue weighted by Gasteiger charge is -2.10. The summed E-state index contributed by atoms with van der Waals surface area (Å²) in [7, 11) is -2.11. The molecule has 3 N–H and O–H groups in total. The molecular formula is C22H23FN4O5S.